The van der Waals surface area contributed by atoms with Crippen LogP contribution in [0.4, 0.5) is 0 Å². The molecule has 0 saturated carbocycles. The SMILES string of the molecule is Cc1cccc(S(=O)(=O)NCCCn2ncccc2=O)c1. The van der Waals surface area contributed by atoms with Crippen molar-refractivity contribution in [1.29, 1.82) is 0 Å². The quantitative estimate of drug-likeness (QED) is 0.805. The van der Waals surface area contributed by atoms with Crippen LogP contribution in [0.15, 0.2) is 52.3 Å². The Morgan fingerprint density at radius 3 is 2.76 bits per heavy atom. The van der Waals surface area contributed by atoms with Gasteiger partial charge in [0.05, 0.1) is 4.90 Å². The first kappa shape index (κ1) is 15.4. The summed E-state index contributed by atoms with van der Waals surface area (Å²) in [4.78, 5) is 11.7. The zero-order valence-corrected chi connectivity index (χ0v) is 12.5. The lowest BCUT2D eigenvalue weighted by Crippen LogP contribution is -2.28. The Balaban J connectivity index is 1.91. The van der Waals surface area contributed by atoms with E-state index in [1.165, 1.54) is 16.9 Å². The Labute approximate surface area is 123 Å². The second kappa shape index (κ2) is 6.64. The normalized spacial score (nSPS) is 11.5. The van der Waals surface area contributed by atoms with Crippen LogP contribution in [-0.2, 0) is 16.6 Å². The largest absolute Gasteiger partial charge is 0.268 e. The van der Waals surface area contributed by atoms with E-state index >= 15 is 0 Å². The van der Waals surface area contributed by atoms with Crippen molar-refractivity contribution in [2.45, 2.75) is 24.8 Å². The third-order valence-corrected chi connectivity index (χ3v) is 4.38. The van der Waals surface area contributed by atoms with Crippen molar-refractivity contribution in [1.82, 2.24) is 14.5 Å². The van der Waals surface area contributed by atoms with Gasteiger partial charge in [-0.25, -0.2) is 17.8 Å². The zero-order chi connectivity index (χ0) is 15.3. The third-order valence-electron chi connectivity index (χ3n) is 2.92. The molecule has 0 unspecified atom stereocenters. The van der Waals surface area contributed by atoms with Crippen LogP contribution in [0, 0.1) is 6.92 Å². The molecule has 0 atom stereocenters. The molecule has 2 rings (SSSR count). The highest BCUT2D eigenvalue weighted by atomic mass is 32.2. The highest BCUT2D eigenvalue weighted by molar-refractivity contribution is 7.89. The van der Waals surface area contributed by atoms with Crippen LogP contribution in [-0.4, -0.2) is 24.7 Å². The lowest BCUT2D eigenvalue weighted by Gasteiger charge is -2.08. The number of nitrogens with zero attached hydrogens (tertiary/aromatic N) is 2. The minimum atomic E-state index is -3.51. The number of aryl methyl sites for hydroxylation is 2. The average molecular weight is 307 g/mol. The van der Waals surface area contributed by atoms with Crippen molar-refractivity contribution >= 4 is 10.0 Å². The molecule has 6 nitrogen and oxygen atoms in total. The van der Waals surface area contributed by atoms with E-state index in [4.69, 9.17) is 0 Å². The average Bonchev–Trinajstić information content (AvgIpc) is 2.45. The second-order valence-electron chi connectivity index (χ2n) is 4.65. The van der Waals surface area contributed by atoms with Crippen molar-refractivity contribution < 1.29 is 8.42 Å². The van der Waals surface area contributed by atoms with Crippen molar-refractivity contribution in [3.63, 3.8) is 0 Å². The lowest BCUT2D eigenvalue weighted by atomic mass is 10.2. The van der Waals surface area contributed by atoms with Crippen molar-refractivity contribution in [3.05, 3.63) is 58.5 Å². The van der Waals surface area contributed by atoms with Crippen LogP contribution in [0.1, 0.15) is 12.0 Å². The number of hydrogen-bond donors (Lipinski definition) is 1. The molecule has 112 valence electrons. The molecule has 1 aromatic carbocycles. The third kappa shape index (κ3) is 4.24. The fraction of sp³-hybridized carbons (Fsp3) is 0.286. The highest BCUT2D eigenvalue weighted by Gasteiger charge is 2.12. The Morgan fingerprint density at radius 1 is 1.24 bits per heavy atom. The molecule has 0 bridgehead atoms. The number of hydrogen-bond acceptors (Lipinski definition) is 4. The summed E-state index contributed by atoms with van der Waals surface area (Å²) in [6.45, 7) is 2.46. The van der Waals surface area contributed by atoms with E-state index in [1.807, 2.05) is 13.0 Å². The minimum absolute atomic E-state index is 0.195. The van der Waals surface area contributed by atoms with Gasteiger partial charge in [0.15, 0.2) is 0 Å². The molecule has 1 heterocycles. The van der Waals surface area contributed by atoms with E-state index in [-0.39, 0.29) is 17.0 Å². The maximum absolute atomic E-state index is 12.1. The summed E-state index contributed by atoms with van der Waals surface area (Å²) in [6, 6.07) is 9.71. The van der Waals surface area contributed by atoms with Crippen LogP contribution in [0.25, 0.3) is 0 Å². The molecule has 0 saturated heterocycles. The van der Waals surface area contributed by atoms with Crippen molar-refractivity contribution in [3.8, 4) is 0 Å². The highest BCUT2D eigenvalue weighted by Crippen LogP contribution is 2.10. The Bertz CT molecular complexity index is 769. The fourth-order valence-electron chi connectivity index (χ4n) is 1.86. The maximum atomic E-state index is 12.1. The summed E-state index contributed by atoms with van der Waals surface area (Å²) < 4.78 is 28.0. The predicted molar refractivity (Wildman–Crippen MR) is 79.5 cm³/mol. The monoisotopic (exact) mass is 307 g/mol. The first-order valence-corrected chi connectivity index (χ1v) is 8.06. The summed E-state index contributed by atoms with van der Waals surface area (Å²) in [5, 5.41) is 3.91. The molecule has 0 aliphatic heterocycles. The summed E-state index contributed by atoms with van der Waals surface area (Å²) in [5.41, 5.74) is 0.692. The molecule has 2 aromatic rings. The van der Waals surface area contributed by atoms with E-state index in [0.29, 0.717) is 13.0 Å². The predicted octanol–water partition coefficient (Wildman–Crippen LogP) is 0.920. The van der Waals surface area contributed by atoms with Crippen LogP contribution in [0.3, 0.4) is 0 Å². The molecule has 0 amide bonds. The van der Waals surface area contributed by atoms with E-state index in [1.54, 1.807) is 24.3 Å². The Hall–Kier alpha value is -1.99. The summed E-state index contributed by atoms with van der Waals surface area (Å²) in [7, 11) is -3.51. The van der Waals surface area contributed by atoms with Gasteiger partial charge in [0.25, 0.3) is 5.56 Å². The molecular weight excluding hydrogens is 290 g/mol. The zero-order valence-electron chi connectivity index (χ0n) is 11.7. The van der Waals surface area contributed by atoms with Gasteiger partial charge in [0.2, 0.25) is 10.0 Å². The van der Waals surface area contributed by atoms with E-state index in [9.17, 15) is 13.2 Å². The molecule has 21 heavy (non-hydrogen) atoms. The topological polar surface area (TPSA) is 81.1 Å². The van der Waals surface area contributed by atoms with E-state index in [2.05, 4.69) is 9.82 Å². The van der Waals surface area contributed by atoms with Gasteiger partial charge >= 0.3 is 0 Å². The lowest BCUT2D eigenvalue weighted by molar-refractivity contribution is 0.535. The molecule has 0 aliphatic carbocycles. The van der Waals surface area contributed by atoms with E-state index in [0.717, 1.165) is 5.56 Å². The van der Waals surface area contributed by atoms with Crippen LogP contribution in [0.5, 0.6) is 0 Å². The number of benzene rings is 1. The van der Waals surface area contributed by atoms with Gasteiger partial charge in [-0.3, -0.25) is 4.79 Å². The number of sulfonamides is 1. The van der Waals surface area contributed by atoms with Gasteiger partial charge in [-0.1, -0.05) is 12.1 Å². The molecule has 0 spiro atoms. The minimum Gasteiger partial charge on any atom is -0.268 e. The maximum Gasteiger partial charge on any atom is 0.266 e. The molecule has 1 N–H and O–H groups in total. The summed E-state index contributed by atoms with van der Waals surface area (Å²) in [6.07, 6.45) is 2.01. The fourth-order valence-corrected chi connectivity index (χ4v) is 3.03. The molecular formula is C14H17N3O3S. The second-order valence-corrected chi connectivity index (χ2v) is 6.42. The van der Waals surface area contributed by atoms with Gasteiger partial charge in [0, 0.05) is 25.4 Å². The van der Waals surface area contributed by atoms with Crippen LogP contribution >= 0.6 is 0 Å². The van der Waals surface area contributed by atoms with E-state index < -0.39 is 10.0 Å². The van der Waals surface area contributed by atoms with Gasteiger partial charge in [-0.05, 0) is 37.1 Å². The Morgan fingerprint density at radius 2 is 2.05 bits per heavy atom. The number of rotatable bonds is 6. The first-order chi connectivity index (χ1) is 9.99. The van der Waals surface area contributed by atoms with Crippen LogP contribution < -0.4 is 10.3 Å². The van der Waals surface area contributed by atoms with Crippen molar-refractivity contribution in [2.75, 3.05) is 6.54 Å². The molecule has 0 radical (unpaired) electrons. The Kier molecular flexibility index (Phi) is 4.87. The summed E-state index contributed by atoms with van der Waals surface area (Å²) >= 11 is 0. The van der Waals surface area contributed by atoms with Crippen molar-refractivity contribution in [2.24, 2.45) is 0 Å². The van der Waals surface area contributed by atoms with Gasteiger partial charge in [-0.15, -0.1) is 0 Å². The number of nitrogens with one attached hydrogen (secondary N) is 1. The first-order valence-electron chi connectivity index (χ1n) is 6.57. The number of aromatic nitrogens is 2. The van der Waals surface area contributed by atoms with Gasteiger partial charge in [0.1, 0.15) is 0 Å². The molecule has 0 fully saturated rings. The summed E-state index contributed by atoms with van der Waals surface area (Å²) in [5.74, 6) is 0. The molecule has 0 aliphatic rings. The molecule has 7 heteroatoms. The standard InChI is InChI=1S/C14H17N3O3S/c1-12-5-2-6-13(11-12)21(19,20)16-9-4-10-17-14(18)7-3-8-15-17/h2-3,5-8,11,16H,4,9-10H2,1H3. The van der Waals surface area contributed by atoms with Gasteiger partial charge < -0.3 is 0 Å². The van der Waals surface area contributed by atoms with Gasteiger partial charge in [-0.2, -0.15) is 5.10 Å². The molecule has 1 aromatic heterocycles. The van der Waals surface area contributed by atoms with Crippen LogP contribution in [0.2, 0.25) is 0 Å². The smallest absolute Gasteiger partial charge is 0.266 e.